The second-order valence-electron chi connectivity index (χ2n) is 5.08. The lowest BCUT2D eigenvalue weighted by atomic mass is 10.1. The summed E-state index contributed by atoms with van der Waals surface area (Å²) in [5, 5.41) is 9.20. The van der Waals surface area contributed by atoms with Crippen LogP contribution in [-0.2, 0) is 13.0 Å². The molecule has 2 aliphatic rings. The van der Waals surface area contributed by atoms with Crippen molar-refractivity contribution >= 4 is 12.0 Å². The Morgan fingerprint density at radius 3 is 2.89 bits per heavy atom. The molecule has 1 N–H and O–H groups in total. The van der Waals surface area contributed by atoms with Gasteiger partial charge < -0.3 is 9.67 Å². The molecule has 4 heteroatoms. The van der Waals surface area contributed by atoms with Crippen LogP contribution in [-0.4, -0.2) is 15.6 Å². The number of pyridine rings is 1. The van der Waals surface area contributed by atoms with Crippen LogP contribution in [0.3, 0.4) is 0 Å². The number of carbonyl (C=O) groups is 1. The fourth-order valence-electron chi connectivity index (χ4n) is 2.48. The fraction of sp³-hybridized carbons (Fsp3) is 0.429. The van der Waals surface area contributed by atoms with E-state index in [1.54, 1.807) is 10.6 Å². The van der Waals surface area contributed by atoms with E-state index in [-0.39, 0.29) is 11.1 Å². The summed E-state index contributed by atoms with van der Waals surface area (Å²) < 4.78 is 1.58. The van der Waals surface area contributed by atoms with Crippen molar-refractivity contribution in [1.82, 2.24) is 4.57 Å². The van der Waals surface area contributed by atoms with Crippen LogP contribution in [0.15, 0.2) is 17.1 Å². The highest BCUT2D eigenvalue weighted by Gasteiger charge is 2.23. The maximum absolute atomic E-state index is 12.2. The summed E-state index contributed by atoms with van der Waals surface area (Å²) in [6.45, 7) is 0.636. The van der Waals surface area contributed by atoms with Gasteiger partial charge in [0.25, 0.3) is 5.56 Å². The molecule has 0 aromatic carbocycles. The Bertz CT molecular complexity index is 594. The number of hydrogen-bond acceptors (Lipinski definition) is 2. The van der Waals surface area contributed by atoms with Crippen LogP contribution in [0.4, 0.5) is 0 Å². The van der Waals surface area contributed by atoms with E-state index >= 15 is 0 Å². The van der Waals surface area contributed by atoms with Gasteiger partial charge in [0.15, 0.2) is 0 Å². The zero-order chi connectivity index (χ0) is 12.7. The predicted octanol–water partition coefficient (Wildman–Crippen LogP) is 1.92. The summed E-state index contributed by atoms with van der Waals surface area (Å²) >= 11 is 0. The average molecular weight is 245 g/mol. The maximum atomic E-state index is 12.2. The lowest BCUT2D eigenvalue weighted by Crippen LogP contribution is -2.26. The SMILES string of the molecule is O=C(O)c1cn(CCC2CC2)c(=O)c2c1C=CC2. The molecule has 1 heterocycles. The molecular formula is C14H15NO3. The number of aryl methyl sites for hydroxylation is 1. The van der Waals surface area contributed by atoms with Gasteiger partial charge in [0.2, 0.25) is 0 Å². The van der Waals surface area contributed by atoms with Crippen molar-refractivity contribution in [3.8, 4) is 0 Å². The van der Waals surface area contributed by atoms with Crippen molar-refractivity contribution in [2.24, 2.45) is 5.92 Å². The number of allylic oxidation sites excluding steroid dienone is 1. The Kier molecular flexibility index (Phi) is 2.58. The first-order chi connectivity index (χ1) is 8.66. The summed E-state index contributed by atoms with van der Waals surface area (Å²) in [5.74, 6) is -0.227. The zero-order valence-electron chi connectivity index (χ0n) is 10.1. The van der Waals surface area contributed by atoms with Gasteiger partial charge in [-0.3, -0.25) is 4.79 Å². The topological polar surface area (TPSA) is 59.3 Å². The number of carboxylic acids is 1. The smallest absolute Gasteiger partial charge is 0.337 e. The molecule has 2 aliphatic carbocycles. The number of aromatic carboxylic acids is 1. The van der Waals surface area contributed by atoms with Crippen LogP contribution in [0, 0.1) is 5.92 Å². The van der Waals surface area contributed by atoms with Crippen LogP contribution in [0.1, 0.15) is 40.7 Å². The largest absolute Gasteiger partial charge is 0.478 e. The van der Waals surface area contributed by atoms with Crippen molar-refractivity contribution in [2.45, 2.75) is 32.2 Å². The molecular weight excluding hydrogens is 230 g/mol. The zero-order valence-corrected chi connectivity index (χ0v) is 10.1. The Labute approximate surface area is 105 Å². The van der Waals surface area contributed by atoms with Crippen LogP contribution in [0.25, 0.3) is 6.08 Å². The Morgan fingerprint density at radius 2 is 2.22 bits per heavy atom. The van der Waals surface area contributed by atoms with Gasteiger partial charge in [0.05, 0.1) is 5.56 Å². The van der Waals surface area contributed by atoms with E-state index < -0.39 is 5.97 Å². The summed E-state index contributed by atoms with van der Waals surface area (Å²) in [6.07, 6.45) is 9.11. The van der Waals surface area contributed by atoms with E-state index in [0.29, 0.717) is 24.1 Å². The summed E-state index contributed by atoms with van der Waals surface area (Å²) in [5.41, 5.74) is 1.44. The van der Waals surface area contributed by atoms with Crippen molar-refractivity contribution in [3.05, 3.63) is 39.3 Å². The normalized spacial score (nSPS) is 16.9. The van der Waals surface area contributed by atoms with Crippen molar-refractivity contribution < 1.29 is 9.90 Å². The second kappa shape index (κ2) is 4.12. The molecule has 0 spiro atoms. The van der Waals surface area contributed by atoms with Crippen LogP contribution in [0.5, 0.6) is 0 Å². The monoisotopic (exact) mass is 245 g/mol. The van der Waals surface area contributed by atoms with Crippen molar-refractivity contribution in [1.29, 1.82) is 0 Å². The van der Waals surface area contributed by atoms with Gasteiger partial charge in [-0.05, 0) is 24.3 Å². The van der Waals surface area contributed by atoms with E-state index in [4.69, 9.17) is 0 Å². The minimum Gasteiger partial charge on any atom is -0.478 e. The Morgan fingerprint density at radius 1 is 1.44 bits per heavy atom. The van der Waals surface area contributed by atoms with E-state index in [1.807, 2.05) is 6.08 Å². The number of carboxylic acid groups (broad SMARTS) is 1. The summed E-state index contributed by atoms with van der Waals surface area (Å²) in [7, 11) is 0. The Balaban J connectivity index is 2.01. The molecule has 0 bridgehead atoms. The number of aromatic nitrogens is 1. The molecule has 1 saturated carbocycles. The molecule has 3 rings (SSSR count). The third-order valence-electron chi connectivity index (χ3n) is 3.73. The molecule has 0 aliphatic heterocycles. The molecule has 4 nitrogen and oxygen atoms in total. The molecule has 94 valence electrons. The molecule has 1 aromatic rings. The van der Waals surface area contributed by atoms with Gasteiger partial charge in [0.1, 0.15) is 0 Å². The minimum absolute atomic E-state index is 0.0272. The standard InChI is InChI=1S/C14H15NO3/c16-13-11-3-1-2-10(11)12(14(17)18)8-15(13)7-6-9-4-5-9/h1-2,8-9H,3-7H2,(H,17,18). The van der Waals surface area contributed by atoms with Gasteiger partial charge in [0, 0.05) is 18.3 Å². The average Bonchev–Trinajstić information content (AvgIpc) is 3.03. The third kappa shape index (κ3) is 1.88. The number of fused-ring (bicyclic) bond motifs is 1. The lowest BCUT2D eigenvalue weighted by molar-refractivity contribution is 0.0695. The van der Waals surface area contributed by atoms with Gasteiger partial charge >= 0.3 is 5.97 Å². The maximum Gasteiger partial charge on any atom is 0.337 e. The van der Waals surface area contributed by atoms with Crippen LogP contribution in [0.2, 0.25) is 0 Å². The van der Waals surface area contributed by atoms with Crippen LogP contribution < -0.4 is 5.56 Å². The Hall–Kier alpha value is -1.84. The number of rotatable bonds is 4. The van der Waals surface area contributed by atoms with Gasteiger partial charge in [-0.2, -0.15) is 0 Å². The van der Waals surface area contributed by atoms with Gasteiger partial charge in [-0.25, -0.2) is 4.79 Å². The third-order valence-corrected chi connectivity index (χ3v) is 3.73. The van der Waals surface area contributed by atoms with Crippen molar-refractivity contribution in [2.75, 3.05) is 0 Å². The highest BCUT2D eigenvalue weighted by molar-refractivity contribution is 5.93. The van der Waals surface area contributed by atoms with Crippen molar-refractivity contribution in [3.63, 3.8) is 0 Å². The molecule has 1 fully saturated rings. The molecule has 0 saturated heterocycles. The number of nitrogens with zero attached hydrogens (tertiary/aromatic N) is 1. The molecule has 0 unspecified atom stereocenters. The summed E-state index contributed by atoms with van der Waals surface area (Å²) in [6, 6.07) is 0. The first-order valence-electron chi connectivity index (χ1n) is 6.33. The summed E-state index contributed by atoms with van der Waals surface area (Å²) in [4.78, 5) is 23.4. The quantitative estimate of drug-likeness (QED) is 0.881. The van der Waals surface area contributed by atoms with E-state index in [0.717, 1.165) is 12.3 Å². The van der Waals surface area contributed by atoms with E-state index in [9.17, 15) is 14.7 Å². The molecule has 18 heavy (non-hydrogen) atoms. The van der Waals surface area contributed by atoms with E-state index in [1.165, 1.54) is 19.0 Å². The predicted molar refractivity (Wildman–Crippen MR) is 67.7 cm³/mol. The lowest BCUT2D eigenvalue weighted by Gasteiger charge is -2.10. The molecule has 0 radical (unpaired) electrons. The van der Waals surface area contributed by atoms with Crippen LogP contribution >= 0.6 is 0 Å². The van der Waals surface area contributed by atoms with Gasteiger partial charge in [-0.15, -0.1) is 0 Å². The highest BCUT2D eigenvalue weighted by Crippen LogP contribution is 2.32. The number of hydrogen-bond donors (Lipinski definition) is 1. The highest BCUT2D eigenvalue weighted by atomic mass is 16.4. The minimum atomic E-state index is -0.960. The molecule has 0 amide bonds. The first-order valence-corrected chi connectivity index (χ1v) is 6.33. The molecule has 1 aromatic heterocycles. The molecule has 0 atom stereocenters. The second-order valence-corrected chi connectivity index (χ2v) is 5.08. The van der Waals surface area contributed by atoms with E-state index in [2.05, 4.69) is 0 Å². The first kappa shape index (κ1) is 11.3. The fourth-order valence-corrected chi connectivity index (χ4v) is 2.48. The van der Waals surface area contributed by atoms with Gasteiger partial charge in [-0.1, -0.05) is 25.0 Å².